The van der Waals surface area contributed by atoms with E-state index in [-0.39, 0.29) is 16.6 Å². The van der Waals surface area contributed by atoms with Gasteiger partial charge in [-0.1, -0.05) is 5.82 Å². The van der Waals surface area contributed by atoms with Crippen LogP contribution in [0.1, 0.15) is 24.3 Å². The summed E-state index contributed by atoms with van der Waals surface area (Å²) in [5, 5.41) is 3.40. The van der Waals surface area contributed by atoms with Crippen molar-refractivity contribution in [2.75, 3.05) is 0 Å². The lowest BCUT2D eigenvalue weighted by Gasteiger charge is -2.19. The average molecular weight is 274 g/mol. The van der Waals surface area contributed by atoms with E-state index in [4.69, 9.17) is 31.0 Å². The predicted octanol–water partition coefficient (Wildman–Crippen LogP) is 3.66. The molecule has 0 amide bonds. The molecule has 2 radical (unpaired) electrons. The Hall–Kier alpha value is 0.275. The summed E-state index contributed by atoms with van der Waals surface area (Å²) >= 11 is 14.1. The zero-order chi connectivity index (χ0) is 11.5. The maximum Gasteiger partial charge on any atom is 0.0924 e. The maximum absolute atomic E-state index is 6.25. The highest BCUT2D eigenvalue weighted by Gasteiger charge is 2.37. The molecule has 0 spiro atoms. The molecule has 1 aromatic rings. The second kappa shape index (κ2) is 5.75. The summed E-state index contributed by atoms with van der Waals surface area (Å²) in [6.07, 6.45) is 5.86. The van der Waals surface area contributed by atoms with E-state index in [1.807, 2.05) is 11.6 Å². The van der Waals surface area contributed by atoms with Crippen molar-refractivity contribution in [2.45, 2.75) is 42.3 Å². The molecule has 0 saturated heterocycles. The first-order valence-corrected chi connectivity index (χ1v) is 7.36. The van der Waals surface area contributed by atoms with E-state index in [9.17, 15) is 0 Å². The van der Waals surface area contributed by atoms with Gasteiger partial charge in [0.1, 0.15) is 0 Å². The van der Waals surface area contributed by atoms with Crippen molar-refractivity contribution in [3.05, 3.63) is 16.6 Å². The number of rotatable bonds is 4. The number of halogens is 2. The minimum atomic E-state index is 0.0485. The van der Waals surface area contributed by atoms with Gasteiger partial charge >= 0.3 is 0 Å². The Morgan fingerprint density at radius 1 is 1.44 bits per heavy atom. The van der Waals surface area contributed by atoms with E-state index >= 15 is 0 Å². The Morgan fingerprint density at radius 3 is 2.81 bits per heavy atom. The van der Waals surface area contributed by atoms with Gasteiger partial charge in [0.25, 0.3) is 0 Å². The molecule has 1 heterocycles. The van der Waals surface area contributed by atoms with Crippen molar-refractivity contribution in [3.63, 3.8) is 0 Å². The molecule has 0 aliphatic heterocycles. The fraction of sp³-hybridized carbons (Fsp3) is 0.727. The van der Waals surface area contributed by atoms with Gasteiger partial charge < -0.3 is 0 Å². The molecule has 2 rings (SSSR count). The first kappa shape index (κ1) is 12.7. The monoisotopic (exact) mass is 273 g/mol. The molecule has 1 saturated carbocycles. The lowest BCUT2D eigenvalue weighted by atomic mass is 9.76. The number of alkyl halides is 2. The molecule has 0 N–H and O–H groups in total. The highest BCUT2D eigenvalue weighted by molar-refractivity contribution is 7.09. The lowest BCUT2D eigenvalue weighted by molar-refractivity contribution is 0.489. The molecule has 1 fully saturated rings. The van der Waals surface area contributed by atoms with Crippen LogP contribution in [0.25, 0.3) is 0 Å². The van der Waals surface area contributed by atoms with Gasteiger partial charge in [0, 0.05) is 22.3 Å². The zero-order valence-corrected chi connectivity index (χ0v) is 11.3. The zero-order valence-electron chi connectivity index (χ0n) is 8.98. The minimum Gasteiger partial charge on any atom is -0.250 e. The number of nitrogens with zero attached hydrogens (tertiary/aromatic N) is 1. The molecule has 4 atom stereocenters. The average Bonchev–Trinajstić information content (AvgIpc) is 2.82. The predicted molar refractivity (Wildman–Crippen MR) is 71.9 cm³/mol. The molecule has 1 aromatic heterocycles. The summed E-state index contributed by atoms with van der Waals surface area (Å²) in [6, 6.07) is 0. The molecule has 0 aromatic carbocycles. The highest BCUT2D eigenvalue weighted by Crippen LogP contribution is 2.43. The van der Waals surface area contributed by atoms with Gasteiger partial charge in [0.15, 0.2) is 0 Å². The fourth-order valence-corrected chi connectivity index (χ4v) is 3.91. The van der Waals surface area contributed by atoms with Gasteiger partial charge in [0.2, 0.25) is 0 Å². The summed E-state index contributed by atoms with van der Waals surface area (Å²) in [6.45, 7) is 0. The van der Waals surface area contributed by atoms with Crippen LogP contribution in [0.15, 0.2) is 11.6 Å². The Kier molecular flexibility index (Phi) is 4.57. The van der Waals surface area contributed by atoms with Crippen LogP contribution in [0.3, 0.4) is 0 Å². The molecule has 1 aliphatic carbocycles. The van der Waals surface area contributed by atoms with Gasteiger partial charge in [-0.25, -0.2) is 4.98 Å². The number of aromatic nitrogens is 1. The van der Waals surface area contributed by atoms with E-state index in [1.54, 1.807) is 11.3 Å². The number of hydrogen-bond donors (Lipinski definition) is 0. The quantitative estimate of drug-likeness (QED) is 0.603. The summed E-state index contributed by atoms with van der Waals surface area (Å²) in [4.78, 5) is 4.26. The highest BCUT2D eigenvalue weighted by atomic mass is 35.5. The third kappa shape index (κ3) is 2.94. The standard InChI is InChI=1S/C11H14BCl2NS/c12-11-7(8(13)6-9(11)14)2-1-3-10-15-4-5-16-10/h4-5,7-9,11H,1-3,6H2. The maximum atomic E-state index is 6.25. The van der Waals surface area contributed by atoms with Crippen molar-refractivity contribution in [1.29, 1.82) is 0 Å². The Morgan fingerprint density at radius 2 is 2.25 bits per heavy atom. The topological polar surface area (TPSA) is 12.9 Å². The van der Waals surface area contributed by atoms with Gasteiger partial charge in [0.05, 0.1) is 12.9 Å². The van der Waals surface area contributed by atoms with Crippen LogP contribution in [-0.2, 0) is 6.42 Å². The third-order valence-electron chi connectivity index (χ3n) is 3.24. The van der Waals surface area contributed by atoms with Gasteiger partial charge in [-0.3, -0.25) is 0 Å². The largest absolute Gasteiger partial charge is 0.250 e. The fourth-order valence-electron chi connectivity index (χ4n) is 2.30. The molecule has 5 heteroatoms. The van der Waals surface area contributed by atoms with Crippen LogP contribution >= 0.6 is 34.5 Å². The molecule has 0 bridgehead atoms. The second-order valence-electron chi connectivity index (χ2n) is 4.33. The molecule has 86 valence electrons. The molecular formula is C11H14BCl2NS. The van der Waals surface area contributed by atoms with E-state index in [0.29, 0.717) is 5.92 Å². The van der Waals surface area contributed by atoms with E-state index in [1.165, 1.54) is 5.01 Å². The smallest absolute Gasteiger partial charge is 0.0924 e. The Bertz CT molecular complexity index is 320. The van der Waals surface area contributed by atoms with Crippen molar-refractivity contribution < 1.29 is 0 Å². The van der Waals surface area contributed by atoms with Crippen molar-refractivity contribution >= 4 is 42.4 Å². The van der Waals surface area contributed by atoms with E-state index in [0.717, 1.165) is 25.7 Å². The Labute approximate surface area is 112 Å². The molecule has 16 heavy (non-hydrogen) atoms. The SMILES string of the molecule is [B]C1C(Cl)CC(Cl)C1CCCc1nccs1. The Balaban J connectivity index is 1.77. The summed E-state index contributed by atoms with van der Waals surface area (Å²) < 4.78 is 0. The minimum absolute atomic E-state index is 0.0485. The van der Waals surface area contributed by atoms with Crippen molar-refractivity contribution in [2.24, 2.45) is 5.92 Å². The summed E-state index contributed by atoms with van der Waals surface area (Å²) in [5.41, 5.74) is 0. The van der Waals surface area contributed by atoms with E-state index < -0.39 is 0 Å². The molecular weight excluding hydrogens is 260 g/mol. The first-order chi connectivity index (χ1) is 7.68. The van der Waals surface area contributed by atoms with Gasteiger partial charge in [-0.15, -0.1) is 34.5 Å². The van der Waals surface area contributed by atoms with Crippen LogP contribution in [0.4, 0.5) is 0 Å². The molecule has 4 unspecified atom stereocenters. The summed E-state index contributed by atoms with van der Waals surface area (Å²) in [5.74, 6) is 0.421. The summed E-state index contributed by atoms with van der Waals surface area (Å²) in [7, 11) is 6.04. The number of aryl methyl sites for hydroxylation is 1. The van der Waals surface area contributed by atoms with E-state index in [2.05, 4.69) is 4.98 Å². The van der Waals surface area contributed by atoms with Crippen LogP contribution in [0, 0.1) is 5.92 Å². The van der Waals surface area contributed by atoms with Gasteiger partial charge in [-0.2, -0.15) is 0 Å². The third-order valence-corrected chi connectivity index (χ3v) is 5.05. The number of hydrogen-bond acceptors (Lipinski definition) is 2. The van der Waals surface area contributed by atoms with Crippen LogP contribution in [0.5, 0.6) is 0 Å². The van der Waals surface area contributed by atoms with Crippen molar-refractivity contribution in [1.82, 2.24) is 4.98 Å². The normalized spacial score (nSPS) is 34.4. The van der Waals surface area contributed by atoms with Crippen LogP contribution < -0.4 is 0 Å². The van der Waals surface area contributed by atoms with Crippen molar-refractivity contribution in [3.8, 4) is 0 Å². The molecule has 1 nitrogen and oxygen atoms in total. The second-order valence-corrected chi connectivity index (χ2v) is 6.43. The van der Waals surface area contributed by atoms with Crippen LogP contribution in [0.2, 0.25) is 5.82 Å². The van der Waals surface area contributed by atoms with Gasteiger partial charge in [-0.05, 0) is 31.6 Å². The first-order valence-electron chi connectivity index (χ1n) is 5.60. The van der Waals surface area contributed by atoms with Crippen LogP contribution in [-0.4, -0.2) is 23.6 Å². The number of thiazole rings is 1. The lowest BCUT2D eigenvalue weighted by Crippen LogP contribution is -2.13. The molecule has 1 aliphatic rings.